The van der Waals surface area contributed by atoms with E-state index >= 15 is 0 Å². The van der Waals surface area contributed by atoms with E-state index in [1.165, 1.54) is 29.3 Å². The second kappa shape index (κ2) is 10.2. The molecule has 2 aliphatic rings. The van der Waals surface area contributed by atoms with Crippen molar-refractivity contribution in [1.29, 1.82) is 0 Å². The maximum Gasteiger partial charge on any atom is 0.296 e. The van der Waals surface area contributed by atoms with Gasteiger partial charge in [0.25, 0.3) is 17.3 Å². The van der Waals surface area contributed by atoms with E-state index in [-0.39, 0.29) is 28.0 Å². The van der Waals surface area contributed by atoms with Crippen LogP contribution in [-0.2, 0) is 6.54 Å². The molecule has 1 fully saturated rings. The van der Waals surface area contributed by atoms with E-state index in [1.807, 2.05) is 13.0 Å². The average Bonchev–Trinajstić information content (AvgIpc) is 3.49. The Labute approximate surface area is 222 Å². The van der Waals surface area contributed by atoms with Crippen LogP contribution in [0.15, 0.2) is 65.4 Å². The molecule has 1 saturated carbocycles. The van der Waals surface area contributed by atoms with Crippen molar-refractivity contribution in [3.8, 4) is 0 Å². The molecule has 0 N–H and O–H groups in total. The van der Waals surface area contributed by atoms with Crippen molar-refractivity contribution < 1.29 is 14.6 Å². The largest absolute Gasteiger partial charge is 0.296 e. The van der Waals surface area contributed by atoms with Crippen molar-refractivity contribution in [2.24, 2.45) is 11.0 Å². The van der Waals surface area contributed by atoms with Crippen LogP contribution < -0.4 is 0 Å². The van der Waals surface area contributed by atoms with Gasteiger partial charge in [0.05, 0.1) is 26.6 Å². The zero-order valence-corrected chi connectivity index (χ0v) is 21.1. The summed E-state index contributed by atoms with van der Waals surface area (Å²) in [6.45, 7) is 2.40. The number of allylic oxidation sites excluding steroid dienone is 1. The van der Waals surface area contributed by atoms with Crippen molar-refractivity contribution >= 4 is 40.7 Å². The molecule has 38 heavy (non-hydrogen) atoms. The number of halogens is 1. The van der Waals surface area contributed by atoms with Crippen molar-refractivity contribution in [1.82, 2.24) is 14.8 Å². The molecule has 1 aromatic heterocycles. The maximum atomic E-state index is 13.8. The molecule has 0 radical (unpaired) electrons. The van der Waals surface area contributed by atoms with Crippen LogP contribution in [0.5, 0.6) is 0 Å². The second-order valence-corrected chi connectivity index (χ2v) is 9.54. The Balaban J connectivity index is 1.61. The number of fused-ring (bicyclic) bond motifs is 1. The number of nitro groups is 2. The fraction of sp³-hybridized carbons (Fsp3) is 0.269. The van der Waals surface area contributed by atoms with Gasteiger partial charge in [0.1, 0.15) is 0 Å². The highest BCUT2D eigenvalue weighted by atomic mass is 35.5. The smallest absolute Gasteiger partial charge is 0.271 e. The summed E-state index contributed by atoms with van der Waals surface area (Å²) in [4.78, 5) is 35.6. The molecule has 0 spiro atoms. The third-order valence-corrected chi connectivity index (χ3v) is 7.07. The maximum absolute atomic E-state index is 13.8. The summed E-state index contributed by atoms with van der Waals surface area (Å²) >= 11 is 6.35. The zero-order chi connectivity index (χ0) is 27.0. The second-order valence-electron chi connectivity index (χ2n) is 9.13. The van der Waals surface area contributed by atoms with Crippen LogP contribution >= 0.6 is 11.6 Å². The van der Waals surface area contributed by atoms with Crippen LogP contribution in [0, 0.1) is 26.1 Å². The first-order valence-corrected chi connectivity index (χ1v) is 12.5. The molecule has 2 atom stereocenters. The fourth-order valence-electron chi connectivity index (χ4n) is 5.07. The van der Waals surface area contributed by atoms with Gasteiger partial charge in [-0.15, -0.1) is 0 Å². The predicted octanol–water partition coefficient (Wildman–Crippen LogP) is 5.81. The van der Waals surface area contributed by atoms with E-state index in [2.05, 4.69) is 5.10 Å². The molecule has 2 heterocycles. The Morgan fingerprint density at radius 2 is 1.84 bits per heavy atom. The molecule has 1 aliphatic heterocycles. The van der Waals surface area contributed by atoms with Gasteiger partial charge in [0.15, 0.2) is 5.69 Å². The van der Waals surface area contributed by atoms with Gasteiger partial charge in [-0.05, 0) is 49.0 Å². The standard InChI is InChI=1S/C26H23ClN6O5/c1-2-30-15-22(27)24(28-30)26(34)31-25(18-8-4-10-20(14-18)33(37)38)21-11-5-7-17(23(21)29-31)12-16-6-3-9-19(13-16)32(35)36/h3-4,6,8-10,12-15,21,25H,2,5,7,11H2,1H3/b17-12+/t21-,25+/m1/s1. The molecule has 0 bridgehead atoms. The predicted molar refractivity (Wildman–Crippen MR) is 141 cm³/mol. The molecule has 0 saturated heterocycles. The first-order chi connectivity index (χ1) is 18.3. The number of aromatic nitrogens is 2. The number of nitrogens with zero attached hydrogens (tertiary/aromatic N) is 6. The van der Waals surface area contributed by atoms with Gasteiger partial charge in [-0.1, -0.05) is 35.9 Å². The molecule has 3 aromatic rings. The minimum atomic E-state index is -0.603. The lowest BCUT2D eigenvalue weighted by atomic mass is 9.77. The molecular weight excluding hydrogens is 512 g/mol. The van der Waals surface area contributed by atoms with E-state index < -0.39 is 21.8 Å². The van der Waals surface area contributed by atoms with E-state index in [0.717, 1.165) is 12.0 Å². The summed E-state index contributed by atoms with van der Waals surface area (Å²) in [7, 11) is 0. The summed E-state index contributed by atoms with van der Waals surface area (Å²) < 4.78 is 1.56. The molecule has 5 rings (SSSR count). The first kappa shape index (κ1) is 25.3. The van der Waals surface area contributed by atoms with Crippen molar-refractivity contribution in [2.45, 2.75) is 38.8 Å². The number of carbonyl (C=O) groups excluding carboxylic acids is 1. The van der Waals surface area contributed by atoms with Crippen molar-refractivity contribution in [2.75, 3.05) is 0 Å². The SMILES string of the molecule is CCn1cc(Cl)c(C(=O)N2N=C3/C(=C/c4cccc([N+](=O)[O-])c4)CCC[C@H]3[C@@H]2c2cccc([N+](=O)[O-])c2)n1. The number of hydrogen-bond donors (Lipinski definition) is 0. The average molecular weight is 535 g/mol. The zero-order valence-electron chi connectivity index (χ0n) is 20.4. The van der Waals surface area contributed by atoms with Crippen LogP contribution in [0.3, 0.4) is 0 Å². The topological polar surface area (TPSA) is 137 Å². The first-order valence-electron chi connectivity index (χ1n) is 12.1. The van der Waals surface area contributed by atoms with Gasteiger partial charge in [-0.3, -0.25) is 29.7 Å². The summed E-state index contributed by atoms with van der Waals surface area (Å²) in [6, 6.07) is 11.9. The van der Waals surface area contributed by atoms with Crippen LogP contribution in [0.4, 0.5) is 11.4 Å². The summed E-state index contributed by atoms with van der Waals surface area (Å²) in [5.74, 6) is -0.734. The summed E-state index contributed by atoms with van der Waals surface area (Å²) in [5.41, 5.74) is 2.72. The molecule has 0 unspecified atom stereocenters. The normalized spacial score (nSPS) is 19.8. The molecule has 194 valence electrons. The number of aryl methyl sites for hydroxylation is 1. The highest BCUT2D eigenvalue weighted by Gasteiger charge is 2.45. The van der Waals surface area contributed by atoms with Crippen LogP contribution in [0.2, 0.25) is 5.02 Å². The number of benzene rings is 2. The Morgan fingerprint density at radius 3 is 2.53 bits per heavy atom. The van der Waals surface area contributed by atoms with Crippen LogP contribution in [-0.4, -0.2) is 36.3 Å². The Morgan fingerprint density at radius 1 is 1.13 bits per heavy atom. The number of carbonyl (C=O) groups is 1. The fourth-order valence-corrected chi connectivity index (χ4v) is 5.30. The minimum absolute atomic E-state index is 0.0208. The lowest BCUT2D eigenvalue weighted by Gasteiger charge is -2.29. The molecular formula is C26H23ClN6O5. The molecule has 12 heteroatoms. The highest BCUT2D eigenvalue weighted by molar-refractivity contribution is 6.33. The number of hydrogen-bond acceptors (Lipinski definition) is 7. The van der Waals surface area contributed by atoms with E-state index in [1.54, 1.807) is 35.1 Å². The lowest BCUT2D eigenvalue weighted by molar-refractivity contribution is -0.385. The Kier molecular flexibility index (Phi) is 6.77. The van der Waals surface area contributed by atoms with Gasteiger partial charge in [0.2, 0.25) is 0 Å². The molecule has 11 nitrogen and oxygen atoms in total. The van der Waals surface area contributed by atoms with Crippen molar-refractivity contribution in [3.63, 3.8) is 0 Å². The molecule has 1 amide bonds. The van der Waals surface area contributed by atoms with Gasteiger partial charge in [0, 0.05) is 42.9 Å². The van der Waals surface area contributed by atoms with Gasteiger partial charge in [-0.25, -0.2) is 5.01 Å². The summed E-state index contributed by atoms with van der Waals surface area (Å²) in [5, 5.41) is 33.4. The lowest BCUT2D eigenvalue weighted by Crippen LogP contribution is -2.32. The Hall–Kier alpha value is -4.38. The number of hydrazone groups is 1. The minimum Gasteiger partial charge on any atom is -0.271 e. The van der Waals surface area contributed by atoms with E-state index in [0.29, 0.717) is 36.2 Å². The number of nitro benzene ring substituents is 2. The monoisotopic (exact) mass is 534 g/mol. The third kappa shape index (κ3) is 4.68. The number of amides is 1. The molecule has 1 aliphatic carbocycles. The molecule has 2 aromatic carbocycles. The van der Waals surface area contributed by atoms with Crippen LogP contribution in [0.25, 0.3) is 6.08 Å². The van der Waals surface area contributed by atoms with Crippen LogP contribution in [0.1, 0.15) is 53.8 Å². The third-order valence-electron chi connectivity index (χ3n) is 6.80. The van der Waals surface area contributed by atoms with Gasteiger partial charge < -0.3 is 0 Å². The summed E-state index contributed by atoms with van der Waals surface area (Å²) in [6.07, 6.45) is 5.60. The van der Waals surface area contributed by atoms with E-state index in [4.69, 9.17) is 16.7 Å². The number of non-ortho nitro benzene ring substituents is 2. The van der Waals surface area contributed by atoms with Gasteiger partial charge in [-0.2, -0.15) is 10.2 Å². The van der Waals surface area contributed by atoms with E-state index in [9.17, 15) is 25.0 Å². The quantitative estimate of drug-likeness (QED) is 0.289. The number of rotatable bonds is 6. The highest BCUT2D eigenvalue weighted by Crippen LogP contribution is 2.45. The van der Waals surface area contributed by atoms with Crippen molar-refractivity contribution in [3.05, 3.63) is 102 Å². The Bertz CT molecular complexity index is 1510. The van der Waals surface area contributed by atoms with Gasteiger partial charge >= 0.3 is 0 Å².